The van der Waals surface area contributed by atoms with Crippen LogP contribution in [0, 0.1) is 0 Å². The maximum absolute atomic E-state index is 13.6. The third kappa shape index (κ3) is 8.66. The van der Waals surface area contributed by atoms with Crippen molar-refractivity contribution in [1.82, 2.24) is 10.6 Å². The van der Waals surface area contributed by atoms with Crippen molar-refractivity contribution < 1.29 is 19.4 Å². The summed E-state index contributed by atoms with van der Waals surface area (Å²) in [7, 11) is 0. The second-order valence-corrected chi connectivity index (χ2v) is 10.4. The fraction of sp³-hybridized carbons (Fsp3) is 0.394. The summed E-state index contributed by atoms with van der Waals surface area (Å²) in [5.41, 5.74) is 3.22. The summed E-state index contributed by atoms with van der Waals surface area (Å²) < 4.78 is 6.00. The predicted molar refractivity (Wildman–Crippen MR) is 159 cm³/mol. The van der Waals surface area contributed by atoms with Gasteiger partial charge in [-0.1, -0.05) is 80.4 Å². The van der Waals surface area contributed by atoms with E-state index in [1.165, 1.54) is 0 Å². The maximum atomic E-state index is 13.6. The fourth-order valence-corrected chi connectivity index (χ4v) is 4.92. The average molecular weight is 544 g/mol. The minimum atomic E-state index is -0.819. The van der Waals surface area contributed by atoms with E-state index in [1.807, 2.05) is 66.7 Å². The zero-order valence-corrected chi connectivity index (χ0v) is 23.4. The third-order valence-corrected chi connectivity index (χ3v) is 7.16. The van der Waals surface area contributed by atoms with Gasteiger partial charge < -0.3 is 25.4 Å². The predicted octanol–water partition coefficient (Wildman–Crippen LogP) is 4.87. The van der Waals surface area contributed by atoms with Gasteiger partial charge in [0.25, 0.3) is 5.91 Å². The highest BCUT2D eigenvalue weighted by Crippen LogP contribution is 2.28. The molecule has 0 saturated carbocycles. The normalized spacial score (nSPS) is 14.7. The lowest BCUT2D eigenvalue weighted by molar-refractivity contribution is -0.117. The number of anilines is 1. The van der Waals surface area contributed by atoms with Gasteiger partial charge in [-0.15, -0.1) is 0 Å². The van der Waals surface area contributed by atoms with Crippen LogP contribution in [0.2, 0.25) is 0 Å². The summed E-state index contributed by atoms with van der Waals surface area (Å²) in [5.74, 6) is 0.314. The Balaban J connectivity index is 1.50. The number of hydrogen-bond donors (Lipinski definition) is 3. The number of aliphatic hydroxyl groups is 1. The van der Waals surface area contributed by atoms with Gasteiger partial charge in [0.1, 0.15) is 5.75 Å². The number of benzene rings is 3. The summed E-state index contributed by atoms with van der Waals surface area (Å²) in [6, 6.07) is 24.6. The van der Waals surface area contributed by atoms with Gasteiger partial charge in [-0.05, 0) is 42.5 Å². The quantitative estimate of drug-likeness (QED) is 0.238. The van der Waals surface area contributed by atoms with Crippen LogP contribution in [0.1, 0.15) is 60.5 Å². The molecule has 0 aromatic heterocycles. The second-order valence-electron chi connectivity index (χ2n) is 10.4. The van der Waals surface area contributed by atoms with Crippen LogP contribution in [0.4, 0.5) is 5.69 Å². The van der Waals surface area contributed by atoms with Crippen molar-refractivity contribution >= 4 is 17.5 Å². The molecule has 0 radical (unpaired) electrons. The highest BCUT2D eigenvalue weighted by molar-refractivity contribution is 5.99. The van der Waals surface area contributed by atoms with E-state index in [4.69, 9.17) is 4.74 Å². The lowest BCUT2D eigenvalue weighted by Crippen LogP contribution is -2.48. The number of nitrogens with one attached hydrogen (secondary N) is 2. The smallest absolute Gasteiger partial charge is 0.251 e. The number of nitrogens with zero attached hydrogens (tertiary/aromatic N) is 1. The van der Waals surface area contributed by atoms with E-state index < -0.39 is 12.1 Å². The van der Waals surface area contributed by atoms with E-state index >= 15 is 0 Å². The molecule has 7 nitrogen and oxygen atoms in total. The number of ether oxygens (including phenoxy) is 1. The van der Waals surface area contributed by atoms with Gasteiger partial charge in [0, 0.05) is 43.4 Å². The van der Waals surface area contributed by atoms with E-state index in [0.717, 1.165) is 36.8 Å². The van der Waals surface area contributed by atoms with Crippen LogP contribution in [-0.2, 0) is 17.8 Å². The molecule has 0 spiro atoms. The molecule has 2 atom stereocenters. The molecular weight excluding hydrogens is 502 g/mol. The minimum absolute atomic E-state index is 0.0522. The molecule has 7 heteroatoms. The first-order chi connectivity index (χ1) is 19.5. The van der Waals surface area contributed by atoms with Crippen molar-refractivity contribution in [3.05, 3.63) is 95.6 Å². The Morgan fingerprint density at radius 2 is 1.73 bits per heavy atom. The zero-order valence-electron chi connectivity index (χ0n) is 23.4. The molecule has 1 aliphatic rings. The van der Waals surface area contributed by atoms with Crippen molar-refractivity contribution in [3.8, 4) is 5.75 Å². The molecule has 1 saturated heterocycles. The number of aliphatic hydroxyl groups excluding tert-OH is 1. The van der Waals surface area contributed by atoms with Gasteiger partial charge in [-0.3, -0.25) is 9.59 Å². The number of amides is 2. The number of hydrogen-bond acceptors (Lipinski definition) is 5. The summed E-state index contributed by atoms with van der Waals surface area (Å²) in [6.45, 7) is 4.26. The largest absolute Gasteiger partial charge is 0.493 e. The Bertz CT molecular complexity index is 1220. The Labute approximate surface area is 237 Å². The number of unbranched alkanes of at least 4 members (excludes halogenated alkanes) is 2. The highest BCUT2D eigenvalue weighted by Gasteiger charge is 2.26. The molecule has 212 valence electrons. The average Bonchev–Trinajstić information content (AvgIpc) is 3.41. The first-order valence-electron chi connectivity index (χ1n) is 14.4. The molecule has 3 aromatic rings. The summed E-state index contributed by atoms with van der Waals surface area (Å²) >= 11 is 0. The molecule has 0 aliphatic carbocycles. The lowest BCUT2D eigenvalue weighted by Gasteiger charge is -2.25. The summed E-state index contributed by atoms with van der Waals surface area (Å²) in [5, 5.41) is 17.6. The van der Waals surface area contributed by atoms with Gasteiger partial charge in [-0.25, -0.2) is 0 Å². The number of rotatable bonds is 15. The van der Waals surface area contributed by atoms with Crippen LogP contribution in [0.15, 0.2) is 78.9 Å². The second kappa shape index (κ2) is 15.2. The molecule has 40 heavy (non-hydrogen) atoms. The van der Waals surface area contributed by atoms with Crippen LogP contribution in [0.3, 0.4) is 0 Å². The molecule has 4 rings (SSSR count). The fourth-order valence-electron chi connectivity index (χ4n) is 4.92. The van der Waals surface area contributed by atoms with E-state index in [-0.39, 0.29) is 11.8 Å². The molecule has 0 bridgehead atoms. The Morgan fingerprint density at radius 3 is 2.40 bits per heavy atom. The topological polar surface area (TPSA) is 90.9 Å². The molecule has 1 fully saturated rings. The first kappa shape index (κ1) is 29.3. The molecule has 1 aliphatic heterocycles. The van der Waals surface area contributed by atoms with E-state index in [9.17, 15) is 14.7 Å². The van der Waals surface area contributed by atoms with Crippen LogP contribution < -0.4 is 20.3 Å². The summed E-state index contributed by atoms with van der Waals surface area (Å²) in [6.07, 6.45) is 4.03. The Morgan fingerprint density at radius 1 is 1.00 bits per heavy atom. The van der Waals surface area contributed by atoms with Crippen molar-refractivity contribution in [2.45, 2.75) is 64.1 Å². The van der Waals surface area contributed by atoms with Gasteiger partial charge in [0.2, 0.25) is 5.91 Å². The molecule has 3 N–H and O–H groups in total. The highest BCUT2D eigenvalue weighted by atomic mass is 16.5. The number of carbonyl (C=O) groups excluding carboxylic acids is 2. The van der Waals surface area contributed by atoms with Gasteiger partial charge in [0.05, 0.1) is 18.8 Å². The van der Waals surface area contributed by atoms with E-state index in [2.05, 4.69) is 17.6 Å². The molecule has 2 unspecified atom stereocenters. The standard InChI is InChI=1S/C33H41N3O4/c1-2-3-10-18-40-29-21-27(20-28(22-29)36-17-11-16-32(36)38)33(39)35-30(19-25-12-6-4-7-13-25)31(37)24-34-23-26-14-8-5-9-15-26/h4-9,12-15,20-22,30-31,34,37H,2-3,10-11,16-19,23-24H2,1H3,(H,35,39). The van der Waals surface area contributed by atoms with E-state index in [1.54, 1.807) is 17.0 Å². The maximum Gasteiger partial charge on any atom is 0.251 e. The first-order valence-corrected chi connectivity index (χ1v) is 14.4. The van der Waals surface area contributed by atoms with E-state index in [0.29, 0.717) is 56.1 Å². The molecule has 3 aromatic carbocycles. The number of carbonyl (C=O) groups is 2. The van der Waals surface area contributed by atoms with Crippen LogP contribution in [0.25, 0.3) is 0 Å². The molecule has 1 heterocycles. The van der Waals surface area contributed by atoms with Gasteiger partial charge in [-0.2, -0.15) is 0 Å². The summed E-state index contributed by atoms with van der Waals surface area (Å²) in [4.78, 5) is 27.8. The monoisotopic (exact) mass is 543 g/mol. The molecular formula is C33H41N3O4. The van der Waals surface area contributed by atoms with Crippen molar-refractivity contribution in [2.24, 2.45) is 0 Å². The van der Waals surface area contributed by atoms with Crippen LogP contribution >= 0.6 is 0 Å². The van der Waals surface area contributed by atoms with Crippen LogP contribution in [-0.4, -0.2) is 48.8 Å². The van der Waals surface area contributed by atoms with Crippen LogP contribution in [0.5, 0.6) is 5.75 Å². The van der Waals surface area contributed by atoms with Crippen molar-refractivity contribution in [2.75, 3.05) is 24.6 Å². The SMILES string of the molecule is CCCCCOc1cc(C(=O)NC(Cc2ccccc2)C(O)CNCc2ccccc2)cc(N2CCCC2=O)c1. The lowest BCUT2D eigenvalue weighted by atomic mass is 10.00. The van der Waals surface area contributed by atoms with Gasteiger partial charge >= 0.3 is 0 Å². The Kier molecular flexibility index (Phi) is 11.1. The minimum Gasteiger partial charge on any atom is -0.493 e. The zero-order chi connectivity index (χ0) is 28.2. The third-order valence-electron chi connectivity index (χ3n) is 7.16. The van der Waals surface area contributed by atoms with Crippen molar-refractivity contribution in [3.63, 3.8) is 0 Å². The van der Waals surface area contributed by atoms with Crippen molar-refractivity contribution in [1.29, 1.82) is 0 Å². The Hall–Kier alpha value is -3.68. The van der Waals surface area contributed by atoms with Gasteiger partial charge in [0.15, 0.2) is 0 Å². The molecule has 2 amide bonds.